The van der Waals surface area contributed by atoms with E-state index >= 15 is 0 Å². The predicted molar refractivity (Wildman–Crippen MR) is 42.5 cm³/mol. The van der Waals surface area contributed by atoms with E-state index in [4.69, 9.17) is 15.8 Å². The van der Waals surface area contributed by atoms with Gasteiger partial charge in [-0.25, -0.2) is 0 Å². The summed E-state index contributed by atoms with van der Waals surface area (Å²) in [6, 6.07) is 0. The van der Waals surface area contributed by atoms with Crippen molar-refractivity contribution in [2.75, 3.05) is 6.54 Å². The van der Waals surface area contributed by atoms with Crippen molar-refractivity contribution in [3.63, 3.8) is 0 Å². The topological polar surface area (TPSA) is 66.5 Å². The third kappa shape index (κ3) is 4.79. The van der Waals surface area contributed by atoms with Gasteiger partial charge in [-0.05, 0) is 25.2 Å². The van der Waals surface area contributed by atoms with Crippen LogP contribution < -0.4 is 5.73 Å². The molecule has 1 unspecified atom stereocenters. The second-order valence-corrected chi connectivity index (χ2v) is 2.61. The Bertz CT molecular complexity index is 80.1. The van der Waals surface area contributed by atoms with Gasteiger partial charge in [0.15, 0.2) is 0 Å². The molecule has 0 saturated carbocycles. The molecule has 0 heterocycles. The minimum atomic E-state index is -1.19. The van der Waals surface area contributed by atoms with Gasteiger partial charge in [-0.15, -0.1) is 0 Å². The van der Waals surface area contributed by atoms with Gasteiger partial charge in [-0.1, -0.05) is 13.3 Å². The van der Waals surface area contributed by atoms with Crippen LogP contribution >= 0.6 is 0 Å². The van der Waals surface area contributed by atoms with Crippen molar-refractivity contribution < 1.29 is 10.0 Å². The van der Waals surface area contributed by atoms with Crippen LogP contribution in [0.3, 0.4) is 0 Å². The molecule has 4 N–H and O–H groups in total. The predicted octanol–water partition coefficient (Wildman–Crippen LogP) is -0.166. The number of nitrogens with two attached hydrogens (primary N) is 1. The van der Waals surface area contributed by atoms with Crippen LogP contribution in [-0.4, -0.2) is 23.7 Å². The molecule has 0 fully saturated rings. The molecule has 0 spiro atoms. The van der Waals surface area contributed by atoms with Crippen LogP contribution in [0.4, 0.5) is 0 Å². The molecule has 0 saturated heterocycles. The summed E-state index contributed by atoms with van der Waals surface area (Å²) >= 11 is 0. The highest BCUT2D eigenvalue weighted by Crippen LogP contribution is 2.10. The lowest BCUT2D eigenvalue weighted by molar-refractivity contribution is 0.381. The third-order valence-corrected chi connectivity index (χ3v) is 1.57. The molecule has 4 heteroatoms. The molecule has 0 aromatic carbocycles. The molecule has 10 heavy (non-hydrogen) atoms. The molecular formula is C6H16BNO2. The standard InChI is InChI=1S/C6H16BNO2/c1-2-3-6(5-8)4-7(9)10/h6,9-10H,2-5,8H2,1H3. The van der Waals surface area contributed by atoms with Crippen molar-refractivity contribution in [1.29, 1.82) is 0 Å². The maximum atomic E-state index is 8.58. The quantitative estimate of drug-likeness (QED) is 0.470. The highest BCUT2D eigenvalue weighted by Gasteiger charge is 2.14. The van der Waals surface area contributed by atoms with Crippen LogP contribution in [0.5, 0.6) is 0 Å². The fourth-order valence-electron chi connectivity index (χ4n) is 1.04. The highest BCUT2D eigenvalue weighted by molar-refractivity contribution is 6.41. The lowest BCUT2D eigenvalue weighted by atomic mass is 9.77. The summed E-state index contributed by atoms with van der Waals surface area (Å²) < 4.78 is 0. The van der Waals surface area contributed by atoms with Gasteiger partial charge in [0, 0.05) is 0 Å². The lowest BCUT2D eigenvalue weighted by Gasteiger charge is -2.11. The summed E-state index contributed by atoms with van der Waals surface area (Å²) in [5.41, 5.74) is 5.38. The molecule has 0 aliphatic heterocycles. The Hall–Kier alpha value is -0.0551. The summed E-state index contributed by atoms with van der Waals surface area (Å²) in [7, 11) is -1.19. The van der Waals surface area contributed by atoms with E-state index in [1.54, 1.807) is 0 Å². The van der Waals surface area contributed by atoms with E-state index in [1.807, 2.05) is 0 Å². The molecule has 60 valence electrons. The molecule has 0 aromatic rings. The largest absolute Gasteiger partial charge is 0.451 e. The number of hydrogen-bond acceptors (Lipinski definition) is 3. The molecule has 0 bridgehead atoms. The van der Waals surface area contributed by atoms with Crippen molar-refractivity contribution in [3.8, 4) is 0 Å². The summed E-state index contributed by atoms with van der Waals surface area (Å²) in [5, 5.41) is 17.2. The Morgan fingerprint density at radius 3 is 2.40 bits per heavy atom. The first-order chi connectivity index (χ1) is 4.70. The molecule has 0 radical (unpaired) electrons. The Kier molecular flexibility index (Phi) is 5.68. The van der Waals surface area contributed by atoms with E-state index in [-0.39, 0.29) is 5.92 Å². The summed E-state index contributed by atoms with van der Waals surface area (Å²) in [5.74, 6) is 0.269. The first-order valence-corrected chi connectivity index (χ1v) is 3.76. The Morgan fingerprint density at radius 2 is 2.10 bits per heavy atom. The van der Waals surface area contributed by atoms with E-state index in [1.165, 1.54) is 0 Å². The Labute approximate surface area is 62.4 Å². The first kappa shape index (κ1) is 9.94. The second kappa shape index (κ2) is 5.71. The van der Waals surface area contributed by atoms with Gasteiger partial charge in [0.2, 0.25) is 0 Å². The van der Waals surface area contributed by atoms with Gasteiger partial charge >= 0.3 is 7.12 Å². The van der Waals surface area contributed by atoms with E-state index in [0.717, 1.165) is 12.8 Å². The monoisotopic (exact) mass is 145 g/mol. The van der Waals surface area contributed by atoms with E-state index < -0.39 is 7.12 Å². The van der Waals surface area contributed by atoms with Gasteiger partial charge in [-0.2, -0.15) is 0 Å². The molecule has 0 amide bonds. The first-order valence-electron chi connectivity index (χ1n) is 3.76. The average molecular weight is 145 g/mol. The molecule has 3 nitrogen and oxygen atoms in total. The van der Waals surface area contributed by atoms with E-state index in [2.05, 4.69) is 6.92 Å². The number of hydrogen-bond donors (Lipinski definition) is 3. The van der Waals surface area contributed by atoms with Crippen LogP contribution in [0, 0.1) is 5.92 Å². The third-order valence-electron chi connectivity index (χ3n) is 1.57. The maximum Gasteiger partial charge on any atom is 0.451 e. The minimum absolute atomic E-state index is 0.269. The smallest absolute Gasteiger partial charge is 0.427 e. The van der Waals surface area contributed by atoms with E-state index in [0.29, 0.717) is 12.9 Å². The maximum absolute atomic E-state index is 8.58. The van der Waals surface area contributed by atoms with Crippen LogP contribution in [-0.2, 0) is 0 Å². The zero-order chi connectivity index (χ0) is 7.98. The summed E-state index contributed by atoms with van der Waals surface area (Å²) in [4.78, 5) is 0. The van der Waals surface area contributed by atoms with Crippen molar-refractivity contribution in [3.05, 3.63) is 0 Å². The average Bonchev–Trinajstić information content (AvgIpc) is 1.86. The molecule has 0 aromatic heterocycles. The molecular weight excluding hydrogens is 129 g/mol. The summed E-state index contributed by atoms with van der Waals surface area (Å²) in [6.45, 7) is 2.61. The van der Waals surface area contributed by atoms with Crippen LogP contribution in [0.15, 0.2) is 0 Å². The van der Waals surface area contributed by atoms with Crippen molar-refractivity contribution >= 4 is 7.12 Å². The van der Waals surface area contributed by atoms with Gasteiger partial charge < -0.3 is 15.8 Å². The Balaban J connectivity index is 3.39. The molecule has 0 aliphatic rings. The van der Waals surface area contributed by atoms with Crippen molar-refractivity contribution in [2.24, 2.45) is 11.7 Å². The molecule has 1 atom stereocenters. The van der Waals surface area contributed by atoms with Gasteiger partial charge in [0.05, 0.1) is 0 Å². The van der Waals surface area contributed by atoms with E-state index in [9.17, 15) is 0 Å². The van der Waals surface area contributed by atoms with Gasteiger partial charge in [0.1, 0.15) is 0 Å². The fourth-order valence-corrected chi connectivity index (χ4v) is 1.04. The zero-order valence-corrected chi connectivity index (χ0v) is 6.45. The van der Waals surface area contributed by atoms with Crippen LogP contribution in [0.2, 0.25) is 6.32 Å². The highest BCUT2D eigenvalue weighted by atomic mass is 16.4. The normalized spacial score (nSPS) is 13.2. The van der Waals surface area contributed by atoms with Gasteiger partial charge in [0.25, 0.3) is 0 Å². The van der Waals surface area contributed by atoms with Crippen molar-refractivity contribution in [2.45, 2.75) is 26.1 Å². The lowest BCUT2D eigenvalue weighted by Crippen LogP contribution is -2.22. The fraction of sp³-hybridized carbons (Fsp3) is 1.00. The molecule has 0 aliphatic carbocycles. The van der Waals surface area contributed by atoms with Crippen LogP contribution in [0.25, 0.3) is 0 Å². The number of rotatable bonds is 5. The van der Waals surface area contributed by atoms with Crippen LogP contribution in [0.1, 0.15) is 19.8 Å². The zero-order valence-electron chi connectivity index (χ0n) is 6.45. The van der Waals surface area contributed by atoms with Crippen molar-refractivity contribution in [1.82, 2.24) is 0 Å². The van der Waals surface area contributed by atoms with Gasteiger partial charge in [-0.3, -0.25) is 0 Å². The molecule has 0 rings (SSSR count). The summed E-state index contributed by atoms with van der Waals surface area (Å²) in [6.07, 6.45) is 2.44. The SMILES string of the molecule is CCCC(CN)CB(O)O. The minimum Gasteiger partial charge on any atom is -0.427 e. The second-order valence-electron chi connectivity index (χ2n) is 2.61. The Morgan fingerprint density at radius 1 is 1.50 bits per heavy atom.